The van der Waals surface area contributed by atoms with Crippen molar-refractivity contribution in [1.29, 1.82) is 0 Å². The van der Waals surface area contributed by atoms with E-state index in [1.54, 1.807) is 0 Å². The van der Waals surface area contributed by atoms with Gasteiger partial charge in [0.25, 0.3) is 0 Å². The fourth-order valence-electron chi connectivity index (χ4n) is 0.0636. The maximum absolute atomic E-state index is 9.92. The van der Waals surface area contributed by atoms with Gasteiger partial charge in [0.15, 0.2) is 0 Å². The molecule has 0 aromatic heterocycles. The molecule has 0 aliphatic carbocycles. The molecule has 3 heteroatoms. The van der Waals surface area contributed by atoms with Crippen molar-refractivity contribution < 1.29 is 9.90 Å². The summed E-state index contributed by atoms with van der Waals surface area (Å²) in [7, 11) is 0. The highest BCUT2D eigenvalue weighted by molar-refractivity contribution is 5.90. The molecule has 3 nitrogen and oxygen atoms in total. The Bertz CT molecular complexity index is 106. The molecule has 0 rings (SSSR count). The zero-order valence-electron chi connectivity index (χ0n) is 4.01. The Balaban J connectivity index is 3.82. The molecular weight excluding hydrogens is 94.0 g/mol. The first-order valence-electron chi connectivity index (χ1n) is 1.79. The quantitative estimate of drug-likeness (QED) is 0.359. The molecule has 40 valence electrons. The van der Waals surface area contributed by atoms with Crippen molar-refractivity contribution in [2.45, 2.75) is 6.92 Å². The molecule has 0 spiro atoms. The second kappa shape index (κ2) is 2.23. The van der Waals surface area contributed by atoms with Gasteiger partial charge in [0.1, 0.15) is 0 Å². The van der Waals surface area contributed by atoms with Crippen LogP contribution in [-0.4, -0.2) is 11.0 Å². The molecule has 7 heavy (non-hydrogen) atoms. The lowest BCUT2D eigenvalue weighted by Crippen LogP contribution is -2.11. The number of aliphatic hydroxyl groups excluding tert-OH is 1. The van der Waals surface area contributed by atoms with E-state index < -0.39 is 5.91 Å². The third-order valence-corrected chi connectivity index (χ3v) is 0.582. The molecule has 0 atom stereocenters. The number of nitrogens with two attached hydrogens (primary N) is 1. The van der Waals surface area contributed by atoms with Crippen LogP contribution in [0.15, 0.2) is 11.8 Å². The highest BCUT2D eigenvalue weighted by Crippen LogP contribution is 1.83. The van der Waals surface area contributed by atoms with Gasteiger partial charge in [-0.25, -0.2) is 0 Å². The number of amides is 1. The summed E-state index contributed by atoms with van der Waals surface area (Å²) in [6.45, 7) is 1.43. The maximum Gasteiger partial charge on any atom is 0.247 e. The van der Waals surface area contributed by atoms with E-state index >= 15 is 0 Å². The largest absolute Gasteiger partial charge is 0.515 e. The van der Waals surface area contributed by atoms with Gasteiger partial charge in [-0.05, 0) is 6.92 Å². The lowest BCUT2D eigenvalue weighted by atomic mass is 10.3. The average molecular weight is 101 g/mol. The van der Waals surface area contributed by atoms with E-state index in [0.29, 0.717) is 6.26 Å². The van der Waals surface area contributed by atoms with Crippen molar-refractivity contribution in [3.05, 3.63) is 11.8 Å². The van der Waals surface area contributed by atoms with E-state index in [2.05, 4.69) is 5.73 Å². The lowest BCUT2D eigenvalue weighted by molar-refractivity contribution is -0.114. The van der Waals surface area contributed by atoms with Crippen LogP contribution in [-0.2, 0) is 4.79 Å². The summed E-state index contributed by atoms with van der Waals surface area (Å²) in [4.78, 5) is 9.92. The predicted molar refractivity (Wildman–Crippen MR) is 25.6 cm³/mol. The zero-order chi connectivity index (χ0) is 5.86. The lowest BCUT2D eigenvalue weighted by Gasteiger charge is -1.84. The van der Waals surface area contributed by atoms with Gasteiger partial charge in [0.05, 0.1) is 6.26 Å². The molecule has 0 bridgehead atoms. The summed E-state index contributed by atoms with van der Waals surface area (Å²) in [5.74, 6) is -0.595. The molecule has 0 saturated carbocycles. The first-order chi connectivity index (χ1) is 3.18. The SMILES string of the molecule is CC(=CO)C(N)=O. The van der Waals surface area contributed by atoms with Crippen LogP contribution in [0.4, 0.5) is 0 Å². The minimum atomic E-state index is -0.595. The van der Waals surface area contributed by atoms with Gasteiger partial charge in [-0.3, -0.25) is 4.79 Å². The average Bonchev–Trinajstić information content (AvgIpc) is 1.65. The van der Waals surface area contributed by atoms with E-state index in [9.17, 15) is 4.79 Å². The van der Waals surface area contributed by atoms with Gasteiger partial charge in [-0.1, -0.05) is 0 Å². The van der Waals surface area contributed by atoms with E-state index in [1.807, 2.05) is 0 Å². The van der Waals surface area contributed by atoms with E-state index in [1.165, 1.54) is 6.92 Å². The van der Waals surface area contributed by atoms with Crippen molar-refractivity contribution in [3.63, 3.8) is 0 Å². The summed E-state index contributed by atoms with van der Waals surface area (Å²) in [5.41, 5.74) is 4.85. The number of hydrogen-bond acceptors (Lipinski definition) is 2. The summed E-state index contributed by atoms with van der Waals surface area (Å²) in [6.07, 6.45) is 0.683. The molecule has 3 N–H and O–H groups in total. The van der Waals surface area contributed by atoms with E-state index in [0.717, 1.165) is 0 Å². The Labute approximate surface area is 41.4 Å². The fourth-order valence-corrected chi connectivity index (χ4v) is 0.0636. The van der Waals surface area contributed by atoms with Crippen LogP contribution < -0.4 is 5.73 Å². The van der Waals surface area contributed by atoms with Crippen molar-refractivity contribution >= 4 is 5.91 Å². The molecule has 0 aromatic carbocycles. The first-order valence-corrected chi connectivity index (χ1v) is 1.79. The summed E-state index contributed by atoms with van der Waals surface area (Å²) >= 11 is 0. The third kappa shape index (κ3) is 1.81. The van der Waals surface area contributed by atoms with Crippen LogP contribution in [0, 0.1) is 0 Å². The first kappa shape index (κ1) is 6.01. The Morgan fingerprint density at radius 2 is 2.29 bits per heavy atom. The second-order valence-electron chi connectivity index (χ2n) is 1.18. The van der Waals surface area contributed by atoms with E-state index in [-0.39, 0.29) is 5.57 Å². The molecule has 0 aliphatic rings. The molecule has 0 heterocycles. The van der Waals surface area contributed by atoms with Gasteiger partial charge >= 0.3 is 0 Å². The molecule has 0 unspecified atom stereocenters. The normalized spacial score (nSPS) is 11.3. The maximum atomic E-state index is 9.92. The molecule has 0 aliphatic heterocycles. The highest BCUT2D eigenvalue weighted by atomic mass is 16.2. The molecule has 0 aromatic rings. The third-order valence-electron chi connectivity index (χ3n) is 0.582. The van der Waals surface area contributed by atoms with Gasteiger partial charge in [-0.2, -0.15) is 0 Å². The van der Waals surface area contributed by atoms with E-state index in [4.69, 9.17) is 5.11 Å². The molecule has 0 fully saturated rings. The second-order valence-corrected chi connectivity index (χ2v) is 1.18. The molecule has 1 amide bonds. The number of hydrogen-bond donors (Lipinski definition) is 2. The summed E-state index contributed by atoms with van der Waals surface area (Å²) in [6, 6.07) is 0. The van der Waals surface area contributed by atoms with Gasteiger partial charge in [0, 0.05) is 5.57 Å². The smallest absolute Gasteiger partial charge is 0.247 e. The van der Waals surface area contributed by atoms with Crippen molar-refractivity contribution in [2.24, 2.45) is 5.73 Å². The summed E-state index contributed by atoms with van der Waals surface area (Å²) < 4.78 is 0. The standard InChI is InChI=1S/C4H7NO2/c1-3(2-6)4(5)7/h2,6H,1H3,(H2,5,7). The van der Waals surface area contributed by atoms with Crippen molar-refractivity contribution in [3.8, 4) is 0 Å². The monoisotopic (exact) mass is 101 g/mol. The zero-order valence-corrected chi connectivity index (χ0v) is 4.01. The predicted octanol–water partition coefficient (Wildman–Crippen LogP) is -0.0665. The summed E-state index contributed by atoms with van der Waals surface area (Å²) in [5, 5.41) is 8.04. The fraction of sp³-hybridized carbons (Fsp3) is 0.250. The number of rotatable bonds is 1. The van der Waals surface area contributed by atoms with Crippen LogP contribution in [0.1, 0.15) is 6.92 Å². The highest BCUT2D eigenvalue weighted by Gasteiger charge is 1.92. The Morgan fingerprint density at radius 3 is 2.29 bits per heavy atom. The number of carbonyl (C=O) groups excluding carboxylic acids is 1. The minimum Gasteiger partial charge on any atom is -0.515 e. The Hall–Kier alpha value is -0.990. The number of aliphatic hydroxyl groups is 1. The van der Waals surface area contributed by atoms with Crippen molar-refractivity contribution in [2.75, 3.05) is 0 Å². The van der Waals surface area contributed by atoms with Crippen LogP contribution >= 0.6 is 0 Å². The van der Waals surface area contributed by atoms with Crippen LogP contribution in [0.25, 0.3) is 0 Å². The van der Waals surface area contributed by atoms with Crippen molar-refractivity contribution in [1.82, 2.24) is 0 Å². The molecule has 0 radical (unpaired) electrons. The van der Waals surface area contributed by atoms with Crippen LogP contribution in [0.2, 0.25) is 0 Å². The Morgan fingerprint density at radius 1 is 1.86 bits per heavy atom. The Kier molecular flexibility index (Phi) is 1.91. The van der Waals surface area contributed by atoms with Gasteiger partial charge in [-0.15, -0.1) is 0 Å². The van der Waals surface area contributed by atoms with Crippen LogP contribution in [0.5, 0.6) is 0 Å². The molecule has 0 saturated heterocycles. The molecular formula is C4H7NO2. The van der Waals surface area contributed by atoms with Gasteiger partial charge in [0.2, 0.25) is 5.91 Å². The van der Waals surface area contributed by atoms with Gasteiger partial charge < -0.3 is 10.8 Å². The number of carbonyl (C=O) groups is 1. The van der Waals surface area contributed by atoms with Crippen LogP contribution in [0.3, 0.4) is 0 Å². The number of primary amides is 1. The topological polar surface area (TPSA) is 63.3 Å². The minimum absolute atomic E-state index is 0.167.